The number of nitrogens with zero attached hydrogens (tertiary/aromatic N) is 1. The third kappa shape index (κ3) is 2.44. The van der Waals surface area contributed by atoms with Gasteiger partial charge in [-0.05, 0) is 43.2 Å². The molecule has 0 spiro atoms. The molecule has 0 saturated carbocycles. The van der Waals surface area contributed by atoms with Crippen molar-refractivity contribution in [1.29, 1.82) is 5.26 Å². The van der Waals surface area contributed by atoms with E-state index in [-0.39, 0.29) is 0 Å². The van der Waals surface area contributed by atoms with Gasteiger partial charge in [0.1, 0.15) is 17.6 Å². The van der Waals surface area contributed by atoms with Gasteiger partial charge in [0, 0.05) is 11.8 Å². The van der Waals surface area contributed by atoms with Crippen LogP contribution >= 0.6 is 0 Å². The maximum Gasteiger partial charge on any atom is 0.145 e. The average Bonchev–Trinajstić information content (AvgIpc) is 2.34. The third-order valence-electron chi connectivity index (χ3n) is 2.69. The lowest BCUT2D eigenvalue weighted by atomic mass is 10.1. The van der Waals surface area contributed by atoms with Crippen molar-refractivity contribution in [2.45, 2.75) is 13.8 Å². The molecule has 3 heteroatoms. The number of hydrogen-bond donors (Lipinski definition) is 1. The van der Waals surface area contributed by atoms with Gasteiger partial charge in [0.05, 0.1) is 5.56 Å². The Kier molecular flexibility index (Phi) is 3.20. The number of nitrogen functional groups attached to an aromatic ring is 1. The first-order chi connectivity index (χ1) is 8.60. The highest BCUT2D eigenvalue weighted by molar-refractivity contribution is 5.52. The molecule has 2 rings (SSSR count). The van der Waals surface area contributed by atoms with Crippen LogP contribution < -0.4 is 10.5 Å². The lowest BCUT2D eigenvalue weighted by Crippen LogP contribution is -1.93. The molecule has 0 fully saturated rings. The van der Waals surface area contributed by atoms with Crippen molar-refractivity contribution >= 4 is 5.69 Å². The first-order valence-corrected chi connectivity index (χ1v) is 5.65. The molecule has 0 amide bonds. The summed E-state index contributed by atoms with van der Waals surface area (Å²) in [4.78, 5) is 0. The highest BCUT2D eigenvalue weighted by Gasteiger charge is 2.07. The van der Waals surface area contributed by atoms with Gasteiger partial charge in [0.2, 0.25) is 0 Å². The SMILES string of the molecule is Cc1ccc(C#N)c(Oc2cc(N)ccc2C)c1. The molecule has 0 aromatic heterocycles. The maximum atomic E-state index is 9.06. The molecule has 0 aliphatic heterocycles. The van der Waals surface area contributed by atoms with Crippen LogP contribution in [0, 0.1) is 25.2 Å². The van der Waals surface area contributed by atoms with Crippen LogP contribution in [0.3, 0.4) is 0 Å². The lowest BCUT2D eigenvalue weighted by Gasteiger charge is -2.11. The van der Waals surface area contributed by atoms with E-state index >= 15 is 0 Å². The van der Waals surface area contributed by atoms with Gasteiger partial charge in [0.15, 0.2) is 0 Å². The number of aryl methyl sites for hydroxylation is 2. The molecule has 0 atom stereocenters. The molecular formula is C15H14N2O. The Balaban J connectivity index is 2.43. The Labute approximate surface area is 106 Å². The zero-order valence-electron chi connectivity index (χ0n) is 10.4. The number of anilines is 1. The minimum Gasteiger partial charge on any atom is -0.456 e. The molecule has 2 aromatic carbocycles. The van der Waals surface area contributed by atoms with Gasteiger partial charge in [-0.25, -0.2) is 0 Å². The molecule has 3 nitrogen and oxygen atoms in total. The van der Waals surface area contributed by atoms with E-state index in [9.17, 15) is 0 Å². The molecule has 0 aliphatic carbocycles. The summed E-state index contributed by atoms with van der Waals surface area (Å²) in [5.74, 6) is 1.24. The van der Waals surface area contributed by atoms with Crippen molar-refractivity contribution in [2.75, 3.05) is 5.73 Å². The summed E-state index contributed by atoms with van der Waals surface area (Å²) in [6.07, 6.45) is 0. The van der Waals surface area contributed by atoms with Crippen LogP contribution in [-0.2, 0) is 0 Å². The molecule has 0 heterocycles. The van der Waals surface area contributed by atoms with E-state index in [2.05, 4.69) is 6.07 Å². The molecule has 2 aromatic rings. The summed E-state index contributed by atoms with van der Waals surface area (Å²) in [7, 11) is 0. The van der Waals surface area contributed by atoms with Gasteiger partial charge in [-0.3, -0.25) is 0 Å². The Morgan fingerprint density at radius 1 is 1.06 bits per heavy atom. The second-order valence-electron chi connectivity index (χ2n) is 4.24. The molecule has 0 radical (unpaired) electrons. The zero-order chi connectivity index (χ0) is 13.1. The van der Waals surface area contributed by atoms with E-state index in [0.29, 0.717) is 22.7 Å². The van der Waals surface area contributed by atoms with Gasteiger partial charge in [-0.2, -0.15) is 5.26 Å². The summed E-state index contributed by atoms with van der Waals surface area (Å²) in [6, 6.07) is 13.1. The third-order valence-corrected chi connectivity index (χ3v) is 2.69. The number of rotatable bonds is 2. The van der Waals surface area contributed by atoms with Gasteiger partial charge >= 0.3 is 0 Å². The van der Waals surface area contributed by atoms with Crippen LogP contribution in [0.25, 0.3) is 0 Å². The molecular weight excluding hydrogens is 224 g/mol. The van der Waals surface area contributed by atoms with Crippen molar-refractivity contribution in [2.24, 2.45) is 0 Å². The molecule has 0 unspecified atom stereocenters. The first kappa shape index (κ1) is 12.0. The Morgan fingerprint density at radius 2 is 1.83 bits per heavy atom. The van der Waals surface area contributed by atoms with Gasteiger partial charge in [-0.1, -0.05) is 12.1 Å². The molecule has 2 N–H and O–H groups in total. The summed E-state index contributed by atoms with van der Waals surface area (Å²) in [6.45, 7) is 3.90. The van der Waals surface area contributed by atoms with Crippen LogP contribution in [0.2, 0.25) is 0 Å². The van der Waals surface area contributed by atoms with Crippen LogP contribution in [0.1, 0.15) is 16.7 Å². The Bertz CT molecular complexity index is 627. The van der Waals surface area contributed by atoms with E-state index in [1.807, 2.05) is 38.1 Å². The fourth-order valence-electron chi connectivity index (χ4n) is 1.65. The zero-order valence-corrected chi connectivity index (χ0v) is 10.4. The maximum absolute atomic E-state index is 9.06. The summed E-state index contributed by atoms with van der Waals surface area (Å²) in [5.41, 5.74) is 8.92. The lowest BCUT2D eigenvalue weighted by molar-refractivity contribution is 0.477. The number of hydrogen-bond acceptors (Lipinski definition) is 3. The van der Waals surface area contributed by atoms with E-state index in [1.165, 1.54) is 0 Å². The average molecular weight is 238 g/mol. The summed E-state index contributed by atoms with van der Waals surface area (Å²) in [5, 5.41) is 9.06. The highest BCUT2D eigenvalue weighted by Crippen LogP contribution is 2.29. The second kappa shape index (κ2) is 4.80. The first-order valence-electron chi connectivity index (χ1n) is 5.65. The predicted molar refractivity (Wildman–Crippen MR) is 71.6 cm³/mol. The molecule has 18 heavy (non-hydrogen) atoms. The number of nitriles is 1. The van der Waals surface area contributed by atoms with Crippen LogP contribution in [0.5, 0.6) is 11.5 Å². The standard InChI is InChI=1S/C15H14N2O/c1-10-3-5-12(9-16)15(7-10)18-14-8-13(17)6-4-11(14)2/h3-8H,17H2,1-2H3. The largest absolute Gasteiger partial charge is 0.456 e. The van der Waals surface area contributed by atoms with Crippen LogP contribution in [0.4, 0.5) is 5.69 Å². The smallest absolute Gasteiger partial charge is 0.145 e. The summed E-state index contributed by atoms with van der Waals surface area (Å²) >= 11 is 0. The van der Waals surface area contributed by atoms with Crippen molar-refractivity contribution in [3.8, 4) is 17.6 Å². The molecule has 0 aliphatic rings. The summed E-state index contributed by atoms with van der Waals surface area (Å²) < 4.78 is 5.79. The second-order valence-corrected chi connectivity index (χ2v) is 4.24. The fourth-order valence-corrected chi connectivity index (χ4v) is 1.65. The van der Waals surface area contributed by atoms with Crippen molar-refractivity contribution < 1.29 is 4.74 Å². The fraction of sp³-hybridized carbons (Fsp3) is 0.133. The topological polar surface area (TPSA) is 59.0 Å². The van der Waals surface area contributed by atoms with Crippen molar-refractivity contribution in [3.05, 3.63) is 53.1 Å². The minimum atomic E-state index is 0.516. The molecule has 0 saturated heterocycles. The molecule has 0 bridgehead atoms. The van der Waals surface area contributed by atoms with Gasteiger partial charge in [0.25, 0.3) is 0 Å². The van der Waals surface area contributed by atoms with E-state index in [4.69, 9.17) is 15.7 Å². The van der Waals surface area contributed by atoms with Gasteiger partial charge in [-0.15, -0.1) is 0 Å². The number of ether oxygens (including phenoxy) is 1. The minimum absolute atomic E-state index is 0.516. The monoisotopic (exact) mass is 238 g/mol. The number of nitrogens with two attached hydrogens (primary N) is 1. The molecule has 90 valence electrons. The van der Waals surface area contributed by atoms with Crippen LogP contribution in [-0.4, -0.2) is 0 Å². The highest BCUT2D eigenvalue weighted by atomic mass is 16.5. The number of benzene rings is 2. The Morgan fingerprint density at radius 3 is 2.56 bits per heavy atom. The van der Waals surface area contributed by atoms with Crippen molar-refractivity contribution in [1.82, 2.24) is 0 Å². The van der Waals surface area contributed by atoms with E-state index in [0.717, 1.165) is 11.1 Å². The quantitative estimate of drug-likeness (QED) is 0.814. The van der Waals surface area contributed by atoms with E-state index < -0.39 is 0 Å². The van der Waals surface area contributed by atoms with Crippen molar-refractivity contribution in [3.63, 3.8) is 0 Å². The predicted octanol–water partition coefficient (Wildman–Crippen LogP) is 3.55. The van der Waals surface area contributed by atoms with Gasteiger partial charge < -0.3 is 10.5 Å². The normalized spacial score (nSPS) is 9.83. The Hall–Kier alpha value is -2.47. The van der Waals surface area contributed by atoms with E-state index in [1.54, 1.807) is 12.1 Å². The van der Waals surface area contributed by atoms with Crippen LogP contribution in [0.15, 0.2) is 36.4 Å².